The van der Waals surface area contributed by atoms with E-state index in [-0.39, 0.29) is 0 Å². The number of nitrogens with one attached hydrogen (secondary N) is 1. The Hall–Kier alpha value is -0.200. The molecule has 0 amide bonds. The van der Waals surface area contributed by atoms with Crippen LogP contribution >= 0.6 is 0 Å². The molecule has 0 heterocycles. The zero-order valence-corrected chi connectivity index (χ0v) is 13.9. The van der Waals surface area contributed by atoms with E-state index < -0.39 is 0 Å². The van der Waals surface area contributed by atoms with Gasteiger partial charge in [-0.05, 0) is 26.3 Å². The molecule has 0 aliphatic heterocycles. The Bertz CT molecular complexity index is 226. The Morgan fingerprint density at radius 2 is 1.52 bits per heavy atom. The Kier molecular flexibility index (Phi) is 12.1. The molecule has 0 aromatic heterocycles. The molecule has 0 saturated heterocycles. The fourth-order valence-electron chi connectivity index (χ4n) is 2.01. The van der Waals surface area contributed by atoms with Crippen LogP contribution in [0.1, 0.15) is 32.6 Å². The van der Waals surface area contributed by atoms with Crippen LogP contribution in [0.2, 0.25) is 0 Å². The molecule has 1 saturated carbocycles. The third kappa shape index (κ3) is 12.1. The maximum absolute atomic E-state index is 5.50. The Labute approximate surface area is 130 Å². The van der Waals surface area contributed by atoms with E-state index in [4.69, 9.17) is 14.2 Å². The highest BCUT2D eigenvalue weighted by Gasteiger charge is 2.25. The van der Waals surface area contributed by atoms with Gasteiger partial charge < -0.3 is 24.4 Å². The maximum atomic E-state index is 5.50. The first-order chi connectivity index (χ1) is 10.3. The van der Waals surface area contributed by atoms with E-state index in [0.29, 0.717) is 26.4 Å². The average molecular weight is 302 g/mol. The second kappa shape index (κ2) is 13.5. The molecule has 0 spiro atoms. The Morgan fingerprint density at radius 1 is 0.905 bits per heavy atom. The third-order valence-electron chi connectivity index (χ3n) is 3.62. The molecule has 0 bridgehead atoms. The molecule has 5 nitrogen and oxygen atoms in total. The summed E-state index contributed by atoms with van der Waals surface area (Å²) in [6, 6.07) is 0.853. The SMILES string of the molecule is CCCCOCCOCCOCCNCCN(C)C1CC1. The second-order valence-corrected chi connectivity index (χ2v) is 5.65. The van der Waals surface area contributed by atoms with Gasteiger partial charge in [-0.25, -0.2) is 0 Å². The van der Waals surface area contributed by atoms with Gasteiger partial charge in [-0.15, -0.1) is 0 Å². The summed E-state index contributed by atoms with van der Waals surface area (Å²) in [7, 11) is 2.21. The first kappa shape index (κ1) is 18.8. The molecule has 1 rings (SSSR count). The van der Waals surface area contributed by atoms with E-state index >= 15 is 0 Å². The number of hydrogen-bond donors (Lipinski definition) is 1. The normalized spacial score (nSPS) is 15.0. The van der Waals surface area contributed by atoms with Gasteiger partial charge in [-0.2, -0.15) is 0 Å². The Morgan fingerprint density at radius 3 is 2.14 bits per heavy atom. The molecule has 0 atom stereocenters. The van der Waals surface area contributed by atoms with Crippen molar-refractivity contribution in [2.24, 2.45) is 0 Å². The van der Waals surface area contributed by atoms with Crippen molar-refractivity contribution < 1.29 is 14.2 Å². The molecule has 5 heteroatoms. The van der Waals surface area contributed by atoms with Crippen LogP contribution in [-0.4, -0.2) is 77.3 Å². The Balaban J connectivity index is 1.65. The van der Waals surface area contributed by atoms with Crippen molar-refractivity contribution >= 4 is 0 Å². The van der Waals surface area contributed by atoms with E-state index in [1.165, 1.54) is 19.3 Å². The molecule has 0 unspecified atom stereocenters. The van der Waals surface area contributed by atoms with Crippen molar-refractivity contribution in [1.82, 2.24) is 10.2 Å². The van der Waals surface area contributed by atoms with Crippen LogP contribution in [-0.2, 0) is 14.2 Å². The molecular weight excluding hydrogens is 268 g/mol. The molecule has 0 aromatic carbocycles. The zero-order chi connectivity index (χ0) is 15.2. The number of rotatable bonds is 16. The minimum atomic E-state index is 0.654. The molecule has 1 N–H and O–H groups in total. The van der Waals surface area contributed by atoms with Gasteiger partial charge in [0.1, 0.15) is 0 Å². The predicted octanol–water partition coefficient (Wildman–Crippen LogP) is 1.52. The van der Waals surface area contributed by atoms with Gasteiger partial charge in [0.05, 0.1) is 33.0 Å². The highest BCUT2D eigenvalue weighted by Crippen LogP contribution is 2.24. The van der Waals surface area contributed by atoms with E-state index in [1.54, 1.807) is 0 Å². The van der Waals surface area contributed by atoms with Crippen LogP contribution < -0.4 is 5.32 Å². The van der Waals surface area contributed by atoms with E-state index in [1.807, 2.05) is 0 Å². The summed E-state index contributed by atoms with van der Waals surface area (Å²) in [6.45, 7) is 9.53. The first-order valence-electron chi connectivity index (χ1n) is 8.48. The third-order valence-corrected chi connectivity index (χ3v) is 3.62. The molecule has 1 fully saturated rings. The van der Waals surface area contributed by atoms with Gasteiger partial charge in [-0.3, -0.25) is 0 Å². The molecule has 1 aliphatic rings. The summed E-state index contributed by atoms with van der Waals surface area (Å²) in [4.78, 5) is 2.43. The number of hydrogen-bond acceptors (Lipinski definition) is 5. The zero-order valence-electron chi connectivity index (χ0n) is 13.9. The summed E-state index contributed by atoms with van der Waals surface area (Å²) in [5, 5.41) is 3.40. The van der Waals surface area contributed by atoms with Gasteiger partial charge in [0, 0.05) is 32.3 Å². The second-order valence-electron chi connectivity index (χ2n) is 5.65. The lowest BCUT2D eigenvalue weighted by Gasteiger charge is -2.15. The number of ether oxygens (including phenoxy) is 3. The van der Waals surface area contributed by atoms with Gasteiger partial charge in [0.15, 0.2) is 0 Å². The largest absolute Gasteiger partial charge is 0.379 e. The fraction of sp³-hybridized carbons (Fsp3) is 1.00. The highest BCUT2D eigenvalue weighted by atomic mass is 16.5. The van der Waals surface area contributed by atoms with Crippen LogP contribution in [0, 0.1) is 0 Å². The minimum absolute atomic E-state index is 0.654. The van der Waals surface area contributed by atoms with Crippen molar-refractivity contribution in [2.45, 2.75) is 38.6 Å². The van der Waals surface area contributed by atoms with Crippen LogP contribution in [0.3, 0.4) is 0 Å². The quantitative estimate of drug-likeness (QED) is 0.438. The smallest absolute Gasteiger partial charge is 0.0701 e. The van der Waals surface area contributed by atoms with E-state index in [0.717, 1.165) is 45.3 Å². The number of unbranched alkanes of at least 4 members (excludes halogenated alkanes) is 1. The molecule has 21 heavy (non-hydrogen) atoms. The maximum Gasteiger partial charge on any atom is 0.0701 e. The lowest BCUT2D eigenvalue weighted by atomic mass is 10.4. The van der Waals surface area contributed by atoms with Crippen LogP contribution in [0.15, 0.2) is 0 Å². The van der Waals surface area contributed by atoms with Crippen molar-refractivity contribution in [1.29, 1.82) is 0 Å². The van der Waals surface area contributed by atoms with Crippen molar-refractivity contribution in [3.63, 3.8) is 0 Å². The highest BCUT2D eigenvalue weighted by molar-refractivity contribution is 4.82. The molecule has 0 aromatic rings. The minimum Gasteiger partial charge on any atom is -0.379 e. The molecular formula is C16H34N2O3. The van der Waals surface area contributed by atoms with E-state index in [9.17, 15) is 0 Å². The van der Waals surface area contributed by atoms with Crippen LogP contribution in [0.4, 0.5) is 0 Å². The van der Waals surface area contributed by atoms with Crippen molar-refractivity contribution in [3.8, 4) is 0 Å². The van der Waals surface area contributed by atoms with Crippen LogP contribution in [0.5, 0.6) is 0 Å². The van der Waals surface area contributed by atoms with Gasteiger partial charge in [-0.1, -0.05) is 13.3 Å². The lowest BCUT2D eigenvalue weighted by Crippen LogP contribution is -2.32. The number of likely N-dealkylation sites (N-methyl/N-ethyl adjacent to an activating group) is 1. The summed E-state index contributed by atoms with van der Waals surface area (Å²) < 4.78 is 16.3. The monoisotopic (exact) mass is 302 g/mol. The fourth-order valence-corrected chi connectivity index (χ4v) is 2.01. The molecule has 0 radical (unpaired) electrons. The summed E-state index contributed by atoms with van der Waals surface area (Å²) in [5.41, 5.74) is 0. The van der Waals surface area contributed by atoms with Crippen molar-refractivity contribution in [3.05, 3.63) is 0 Å². The van der Waals surface area contributed by atoms with Gasteiger partial charge >= 0.3 is 0 Å². The van der Waals surface area contributed by atoms with Crippen molar-refractivity contribution in [2.75, 3.05) is 66.3 Å². The van der Waals surface area contributed by atoms with Gasteiger partial charge in [0.2, 0.25) is 0 Å². The molecule has 1 aliphatic carbocycles. The van der Waals surface area contributed by atoms with Crippen LogP contribution in [0.25, 0.3) is 0 Å². The summed E-state index contributed by atoms with van der Waals surface area (Å²) in [6.07, 6.45) is 5.07. The summed E-state index contributed by atoms with van der Waals surface area (Å²) in [5.74, 6) is 0. The van der Waals surface area contributed by atoms with Gasteiger partial charge in [0.25, 0.3) is 0 Å². The summed E-state index contributed by atoms with van der Waals surface area (Å²) >= 11 is 0. The average Bonchev–Trinajstić information content (AvgIpc) is 3.32. The lowest BCUT2D eigenvalue weighted by molar-refractivity contribution is 0.0146. The first-order valence-corrected chi connectivity index (χ1v) is 8.48. The molecule has 126 valence electrons. The van der Waals surface area contributed by atoms with E-state index in [2.05, 4.69) is 24.2 Å². The number of nitrogens with zero attached hydrogens (tertiary/aromatic N) is 1. The predicted molar refractivity (Wildman–Crippen MR) is 85.9 cm³/mol. The standard InChI is InChI=1S/C16H34N2O3/c1-3-4-10-19-12-14-21-15-13-20-11-8-17-7-9-18(2)16-5-6-16/h16-17H,3-15H2,1-2H3. The topological polar surface area (TPSA) is 43.0 Å².